The molecule has 0 atom stereocenters. The number of hydrogen-bond acceptors (Lipinski definition) is 8. The predicted octanol–water partition coefficient (Wildman–Crippen LogP) is 2.28. The lowest BCUT2D eigenvalue weighted by atomic mass is 10.2. The number of rotatable bonds is 15. The van der Waals surface area contributed by atoms with Crippen LogP contribution in [0.25, 0.3) is 0 Å². The van der Waals surface area contributed by atoms with E-state index in [1.165, 1.54) is 0 Å². The molecule has 0 spiro atoms. The Morgan fingerprint density at radius 3 is 1.38 bits per heavy atom. The summed E-state index contributed by atoms with van der Waals surface area (Å²) in [4.78, 5) is 45.2. The van der Waals surface area contributed by atoms with Gasteiger partial charge in [0, 0.05) is 35.9 Å². The lowest BCUT2D eigenvalue weighted by Gasteiger charge is -2.03. The van der Waals surface area contributed by atoms with Crippen molar-refractivity contribution in [2.24, 2.45) is 0 Å². The monoisotopic (exact) mass is 378 g/mol. The summed E-state index contributed by atoms with van der Waals surface area (Å²) in [5.74, 6) is 2.00. The molecule has 0 aliphatic carbocycles. The summed E-state index contributed by atoms with van der Waals surface area (Å²) < 4.78 is 9.43. The quantitative estimate of drug-likeness (QED) is 0.244. The van der Waals surface area contributed by atoms with Crippen LogP contribution in [0.5, 0.6) is 0 Å². The average Bonchev–Trinajstić information content (AvgIpc) is 2.50. The van der Waals surface area contributed by atoms with Crippen LogP contribution < -0.4 is 0 Å². The number of esters is 2. The Labute approximate surface area is 151 Å². The van der Waals surface area contributed by atoms with Crippen LogP contribution in [0, 0.1) is 0 Å². The topological polar surface area (TPSA) is 86.7 Å². The minimum atomic E-state index is -0.462. The van der Waals surface area contributed by atoms with Crippen LogP contribution in [0.2, 0.25) is 0 Å². The van der Waals surface area contributed by atoms with E-state index in [1.54, 1.807) is 37.4 Å². The summed E-state index contributed by atoms with van der Waals surface area (Å²) in [6.45, 7) is 4.00. The van der Waals surface area contributed by atoms with E-state index in [0.29, 0.717) is 37.6 Å². The highest BCUT2D eigenvalue weighted by Crippen LogP contribution is 2.11. The molecule has 0 saturated heterocycles. The van der Waals surface area contributed by atoms with E-state index in [4.69, 9.17) is 9.47 Å². The van der Waals surface area contributed by atoms with Crippen molar-refractivity contribution in [3.63, 3.8) is 0 Å². The average molecular weight is 379 g/mol. The molecule has 0 N–H and O–H groups in total. The van der Waals surface area contributed by atoms with Gasteiger partial charge in [-0.25, -0.2) is 0 Å². The van der Waals surface area contributed by atoms with Crippen LogP contribution in [-0.2, 0) is 28.7 Å². The molecule has 0 unspecified atom stereocenters. The van der Waals surface area contributed by atoms with E-state index in [0.717, 1.165) is 11.5 Å². The van der Waals surface area contributed by atoms with Gasteiger partial charge >= 0.3 is 11.9 Å². The zero-order valence-electron chi connectivity index (χ0n) is 14.3. The van der Waals surface area contributed by atoms with Gasteiger partial charge in [-0.2, -0.15) is 23.5 Å². The minimum Gasteiger partial charge on any atom is -0.466 e. The standard InChI is InChI=1S/C16H26O6S2/c1-3-21-15(19)11-13(17)5-7-23-9-10-24-8-6-14(18)12-16(20)22-4-2/h3-12H2,1-2H3. The molecule has 0 radical (unpaired) electrons. The van der Waals surface area contributed by atoms with Crippen molar-refractivity contribution in [2.75, 3.05) is 36.2 Å². The second kappa shape index (κ2) is 15.5. The smallest absolute Gasteiger partial charge is 0.313 e. The summed E-state index contributed by atoms with van der Waals surface area (Å²) in [5, 5.41) is 0. The van der Waals surface area contributed by atoms with E-state index in [1.807, 2.05) is 0 Å². The maximum Gasteiger partial charge on any atom is 0.313 e. The van der Waals surface area contributed by atoms with Gasteiger partial charge in [0.15, 0.2) is 0 Å². The van der Waals surface area contributed by atoms with Gasteiger partial charge < -0.3 is 9.47 Å². The van der Waals surface area contributed by atoms with Gasteiger partial charge in [-0.05, 0) is 13.8 Å². The number of thioether (sulfide) groups is 2. The first-order valence-electron chi connectivity index (χ1n) is 7.99. The Kier molecular flexibility index (Phi) is 14.8. The molecule has 0 aromatic carbocycles. The molecule has 6 nitrogen and oxygen atoms in total. The van der Waals surface area contributed by atoms with Gasteiger partial charge in [-0.15, -0.1) is 0 Å². The van der Waals surface area contributed by atoms with E-state index in [9.17, 15) is 19.2 Å². The number of hydrogen-bond donors (Lipinski definition) is 0. The molecule has 24 heavy (non-hydrogen) atoms. The number of ether oxygens (including phenoxy) is 2. The lowest BCUT2D eigenvalue weighted by molar-refractivity contribution is -0.147. The number of carbonyl (C=O) groups excluding carboxylic acids is 4. The Hall–Kier alpha value is -1.02. The second-order valence-corrected chi connectivity index (χ2v) is 7.22. The van der Waals surface area contributed by atoms with Crippen LogP contribution in [-0.4, -0.2) is 59.7 Å². The van der Waals surface area contributed by atoms with Crippen LogP contribution in [0.15, 0.2) is 0 Å². The molecule has 0 aromatic rings. The molecular formula is C16H26O6S2. The maximum atomic E-state index is 11.5. The van der Waals surface area contributed by atoms with Crippen LogP contribution in [0.4, 0.5) is 0 Å². The van der Waals surface area contributed by atoms with Gasteiger partial charge in [0.05, 0.1) is 13.2 Å². The molecular weight excluding hydrogens is 352 g/mol. The Morgan fingerprint density at radius 1 is 0.667 bits per heavy atom. The third-order valence-corrected chi connectivity index (χ3v) is 4.95. The molecule has 0 heterocycles. The zero-order chi connectivity index (χ0) is 18.2. The van der Waals surface area contributed by atoms with Crippen molar-refractivity contribution in [1.82, 2.24) is 0 Å². The van der Waals surface area contributed by atoms with Crippen molar-refractivity contribution >= 4 is 47.0 Å². The second-order valence-electron chi connectivity index (χ2n) is 4.77. The van der Waals surface area contributed by atoms with Gasteiger partial charge in [-0.3, -0.25) is 19.2 Å². The number of carbonyl (C=O) groups is 4. The fraction of sp³-hybridized carbons (Fsp3) is 0.750. The highest BCUT2D eigenvalue weighted by molar-refractivity contribution is 8.02. The summed E-state index contributed by atoms with van der Waals surface area (Å²) >= 11 is 3.29. The first kappa shape index (κ1) is 23.0. The predicted molar refractivity (Wildman–Crippen MR) is 96.4 cm³/mol. The normalized spacial score (nSPS) is 10.2. The van der Waals surface area contributed by atoms with Crippen molar-refractivity contribution in [1.29, 1.82) is 0 Å². The zero-order valence-corrected chi connectivity index (χ0v) is 16.0. The largest absolute Gasteiger partial charge is 0.466 e. The third kappa shape index (κ3) is 14.6. The Bertz CT molecular complexity index is 373. The fourth-order valence-electron chi connectivity index (χ4n) is 1.62. The van der Waals surface area contributed by atoms with E-state index in [2.05, 4.69) is 0 Å². The van der Waals surface area contributed by atoms with Crippen molar-refractivity contribution in [3.05, 3.63) is 0 Å². The molecule has 0 bridgehead atoms. The SMILES string of the molecule is CCOC(=O)CC(=O)CCSCCSCCC(=O)CC(=O)OCC. The van der Waals surface area contributed by atoms with Crippen LogP contribution >= 0.6 is 23.5 Å². The summed E-state index contributed by atoms with van der Waals surface area (Å²) in [7, 11) is 0. The fourth-order valence-corrected chi connectivity index (χ4v) is 3.71. The molecule has 0 amide bonds. The molecule has 0 saturated carbocycles. The molecule has 0 aliphatic rings. The van der Waals surface area contributed by atoms with Crippen molar-refractivity contribution < 1.29 is 28.7 Å². The Balaban J connectivity index is 3.45. The molecule has 0 aromatic heterocycles. The van der Waals surface area contributed by atoms with Gasteiger partial charge in [-0.1, -0.05) is 0 Å². The highest BCUT2D eigenvalue weighted by atomic mass is 32.2. The van der Waals surface area contributed by atoms with Gasteiger partial charge in [0.25, 0.3) is 0 Å². The molecule has 138 valence electrons. The maximum absolute atomic E-state index is 11.5. The number of ketones is 2. The highest BCUT2D eigenvalue weighted by Gasteiger charge is 2.10. The lowest BCUT2D eigenvalue weighted by Crippen LogP contribution is -2.12. The van der Waals surface area contributed by atoms with Crippen molar-refractivity contribution in [3.8, 4) is 0 Å². The first-order valence-corrected chi connectivity index (χ1v) is 10.3. The molecule has 0 aliphatic heterocycles. The first-order chi connectivity index (χ1) is 11.5. The molecule has 0 rings (SSSR count). The third-order valence-electron chi connectivity index (χ3n) is 2.72. The number of Topliss-reactive ketones (excluding diaryl/α,β-unsaturated/α-hetero) is 2. The summed E-state index contributed by atoms with van der Waals surface area (Å²) in [6.07, 6.45) is 0.440. The van der Waals surface area contributed by atoms with Gasteiger partial charge in [0.1, 0.15) is 24.4 Å². The van der Waals surface area contributed by atoms with E-state index in [-0.39, 0.29) is 24.4 Å². The minimum absolute atomic E-state index is 0.0989. The van der Waals surface area contributed by atoms with Crippen LogP contribution in [0.1, 0.15) is 39.5 Å². The summed E-state index contributed by atoms with van der Waals surface area (Å²) in [5.41, 5.74) is 0. The van der Waals surface area contributed by atoms with Gasteiger partial charge in [0.2, 0.25) is 0 Å². The van der Waals surface area contributed by atoms with E-state index < -0.39 is 11.9 Å². The molecule has 0 fully saturated rings. The molecule has 8 heteroatoms. The van der Waals surface area contributed by atoms with Crippen LogP contribution in [0.3, 0.4) is 0 Å². The van der Waals surface area contributed by atoms with E-state index >= 15 is 0 Å². The van der Waals surface area contributed by atoms with Crippen molar-refractivity contribution in [2.45, 2.75) is 39.5 Å². The summed E-state index contributed by atoms with van der Waals surface area (Å²) in [6, 6.07) is 0. The Morgan fingerprint density at radius 2 is 1.04 bits per heavy atom.